The van der Waals surface area contributed by atoms with Gasteiger partial charge in [0.15, 0.2) is 0 Å². The first-order valence-corrected chi connectivity index (χ1v) is 8.89. The maximum atomic E-state index is 13.0. The number of benzene rings is 2. The van der Waals surface area contributed by atoms with Gasteiger partial charge in [-0.05, 0) is 67.0 Å². The van der Waals surface area contributed by atoms with E-state index in [1.54, 1.807) is 24.3 Å². The number of aliphatic hydroxyl groups is 1. The van der Waals surface area contributed by atoms with Gasteiger partial charge in [-0.1, -0.05) is 24.3 Å². The fourth-order valence-corrected chi connectivity index (χ4v) is 3.44. The summed E-state index contributed by atoms with van der Waals surface area (Å²) < 4.78 is 13.0. The van der Waals surface area contributed by atoms with E-state index in [0.717, 1.165) is 49.9 Å². The van der Waals surface area contributed by atoms with Crippen molar-refractivity contribution in [2.75, 3.05) is 13.1 Å². The third-order valence-corrected chi connectivity index (χ3v) is 4.94. The molecule has 0 unspecified atom stereocenters. The first-order valence-electron chi connectivity index (χ1n) is 8.89. The summed E-state index contributed by atoms with van der Waals surface area (Å²) in [6.07, 6.45) is 4.08. The zero-order valence-corrected chi connectivity index (χ0v) is 14.3. The third-order valence-electron chi connectivity index (χ3n) is 4.94. The van der Waals surface area contributed by atoms with Crippen molar-refractivity contribution in [3.63, 3.8) is 0 Å². The Bertz CT molecular complexity index is 697. The third kappa shape index (κ3) is 4.67. The molecular weight excluding hydrogens is 317 g/mol. The number of aryl methyl sites for hydroxylation is 1. The Morgan fingerprint density at radius 3 is 2.44 bits per heavy atom. The molecule has 1 atom stereocenters. The lowest BCUT2D eigenvalue weighted by Crippen LogP contribution is -2.40. The molecule has 1 fully saturated rings. The number of rotatable bonds is 5. The van der Waals surface area contributed by atoms with E-state index in [4.69, 9.17) is 5.11 Å². The van der Waals surface area contributed by atoms with Crippen molar-refractivity contribution in [3.05, 3.63) is 71.0 Å². The van der Waals surface area contributed by atoms with Crippen LogP contribution in [0.5, 0.6) is 0 Å². The van der Waals surface area contributed by atoms with Crippen molar-refractivity contribution in [2.24, 2.45) is 5.92 Å². The van der Waals surface area contributed by atoms with Crippen LogP contribution in [0.25, 0.3) is 0 Å². The largest absolute Gasteiger partial charge is 0.392 e. The second-order valence-electron chi connectivity index (χ2n) is 6.78. The van der Waals surface area contributed by atoms with Crippen LogP contribution < -0.4 is 0 Å². The predicted molar refractivity (Wildman–Crippen MR) is 95.7 cm³/mol. The molecule has 0 saturated carbocycles. The highest BCUT2D eigenvalue weighted by atomic mass is 19.1. The number of nitrogens with zero attached hydrogens (tertiary/aromatic N) is 1. The SMILES string of the molecule is O=C(c1ccc(CO)cc1)N1CCC[C@H](CCc2ccc(F)cc2)C1. The topological polar surface area (TPSA) is 40.5 Å². The van der Waals surface area contributed by atoms with Crippen LogP contribution in [0, 0.1) is 11.7 Å². The summed E-state index contributed by atoms with van der Waals surface area (Å²) in [5.41, 5.74) is 2.63. The number of amides is 1. The minimum Gasteiger partial charge on any atom is -0.392 e. The summed E-state index contributed by atoms with van der Waals surface area (Å²) in [6.45, 7) is 1.57. The molecule has 25 heavy (non-hydrogen) atoms. The Labute approximate surface area is 148 Å². The summed E-state index contributed by atoms with van der Waals surface area (Å²) in [4.78, 5) is 14.6. The lowest BCUT2D eigenvalue weighted by atomic mass is 9.91. The van der Waals surface area contributed by atoms with Crippen LogP contribution >= 0.6 is 0 Å². The van der Waals surface area contributed by atoms with Gasteiger partial charge in [0.25, 0.3) is 5.91 Å². The molecule has 1 aliphatic rings. The monoisotopic (exact) mass is 341 g/mol. The molecule has 3 rings (SSSR count). The molecule has 132 valence electrons. The van der Waals surface area contributed by atoms with Gasteiger partial charge in [-0.2, -0.15) is 0 Å². The summed E-state index contributed by atoms with van der Waals surface area (Å²) >= 11 is 0. The normalized spacial score (nSPS) is 17.5. The molecular formula is C21H24FNO2. The molecule has 1 heterocycles. The van der Waals surface area contributed by atoms with Gasteiger partial charge in [-0.3, -0.25) is 4.79 Å². The number of likely N-dealkylation sites (tertiary alicyclic amines) is 1. The molecule has 1 saturated heterocycles. The number of piperidine rings is 1. The van der Waals surface area contributed by atoms with Gasteiger partial charge < -0.3 is 10.0 Å². The van der Waals surface area contributed by atoms with Gasteiger partial charge in [0, 0.05) is 18.7 Å². The summed E-state index contributed by atoms with van der Waals surface area (Å²) in [7, 11) is 0. The van der Waals surface area contributed by atoms with Crippen LogP contribution in [0.3, 0.4) is 0 Å². The van der Waals surface area contributed by atoms with Crippen LogP contribution in [0.15, 0.2) is 48.5 Å². The molecule has 0 aromatic heterocycles. The highest BCUT2D eigenvalue weighted by Crippen LogP contribution is 2.23. The number of hydrogen-bond acceptors (Lipinski definition) is 2. The molecule has 0 radical (unpaired) electrons. The maximum Gasteiger partial charge on any atom is 0.253 e. The van der Waals surface area contributed by atoms with E-state index in [0.29, 0.717) is 11.5 Å². The molecule has 0 aliphatic carbocycles. The highest BCUT2D eigenvalue weighted by molar-refractivity contribution is 5.94. The van der Waals surface area contributed by atoms with E-state index in [2.05, 4.69) is 0 Å². The average Bonchev–Trinajstić information content (AvgIpc) is 2.67. The summed E-state index contributed by atoms with van der Waals surface area (Å²) in [5.74, 6) is 0.348. The Kier molecular flexibility index (Phi) is 5.82. The Hall–Kier alpha value is -2.20. The van der Waals surface area contributed by atoms with E-state index in [9.17, 15) is 9.18 Å². The molecule has 2 aromatic carbocycles. The molecule has 0 spiro atoms. The van der Waals surface area contributed by atoms with Crippen molar-refractivity contribution >= 4 is 5.91 Å². The van der Waals surface area contributed by atoms with Crippen molar-refractivity contribution in [2.45, 2.75) is 32.3 Å². The van der Waals surface area contributed by atoms with Crippen molar-refractivity contribution in [3.8, 4) is 0 Å². The molecule has 4 heteroatoms. The minimum atomic E-state index is -0.203. The van der Waals surface area contributed by atoms with E-state index >= 15 is 0 Å². The molecule has 1 aliphatic heterocycles. The van der Waals surface area contributed by atoms with Gasteiger partial charge in [0.1, 0.15) is 5.82 Å². The number of carbonyl (C=O) groups is 1. The number of carbonyl (C=O) groups excluding carboxylic acids is 1. The number of halogens is 1. The maximum absolute atomic E-state index is 13.0. The van der Waals surface area contributed by atoms with Crippen molar-refractivity contribution in [1.29, 1.82) is 0 Å². The highest BCUT2D eigenvalue weighted by Gasteiger charge is 2.24. The van der Waals surface area contributed by atoms with Crippen LogP contribution in [0.1, 0.15) is 40.7 Å². The van der Waals surface area contributed by atoms with Crippen LogP contribution in [-0.4, -0.2) is 29.0 Å². The molecule has 1 N–H and O–H groups in total. The number of hydrogen-bond donors (Lipinski definition) is 1. The second-order valence-corrected chi connectivity index (χ2v) is 6.78. The Balaban J connectivity index is 1.56. The quantitative estimate of drug-likeness (QED) is 0.898. The van der Waals surface area contributed by atoms with Gasteiger partial charge in [0.2, 0.25) is 0 Å². The van der Waals surface area contributed by atoms with Crippen molar-refractivity contribution in [1.82, 2.24) is 4.90 Å². The van der Waals surface area contributed by atoms with E-state index in [1.807, 2.05) is 17.0 Å². The van der Waals surface area contributed by atoms with Crippen LogP contribution in [0.4, 0.5) is 4.39 Å². The van der Waals surface area contributed by atoms with Crippen LogP contribution in [-0.2, 0) is 13.0 Å². The van der Waals surface area contributed by atoms with Crippen LogP contribution in [0.2, 0.25) is 0 Å². The fraction of sp³-hybridized carbons (Fsp3) is 0.381. The standard InChI is InChI=1S/C21H24FNO2/c22-20-11-7-16(8-12-20)3-4-17-2-1-13-23(14-17)21(25)19-9-5-18(15-24)6-10-19/h5-12,17,24H,1-4,13-15H2/t17-/m1/s1. The predicted octanol–water partition coefficient (Wildman–Crippen LogP) is 3.80. The average molecular weight is 341 g/mol. The lowest BCUT2D eigenvalue weighted by molar-refractivity contribution is 0.0668. The second kappa shape index (κ2) is 8.26. The van der Waals surface area contributed by atoms with Gasteiger partial charge in [-0.15, -0.1) is 0 Å². The smallest absolute Gasteiger partial charge is 0.253 e. The Morgan fingerprint density at radius 1 is 1.08 bits per heavy atom. The first-order chi connectivity index (χ1) is 12.2. The van der Waals surface area contributed by atoms with E-state index in [1.165, 1.54) is 12.1 Å². The molecule has 1 amide bonds. The fourth-order valence-electron chi connectivity index (χ4n) is 3.44. The molecule has 2 aromatic rings. The molecule has 3 nitrogen and oxygen atoms in total. The number of aliphatic hydroxyl groups excluding tert-OH is 1. The van der Waals surface area contributed by atoms with Gasteiger partial charge in [-0.25, -0.2) is 4.39 Å². The van der Waals surface area contributed by atoms with Gasteiger partial charge in [0.05, 0.1) is 6.61 Å². The summed E-state index contributed by atoms with van der Waals surface area (Å²) in [5, 5.41) is 9.10. The van der Waals surface area contributed by atoms with Gasteiger partial charge >= 0.3 is 0 Å². The van der Waals surface area contributed by atoms with Crippen molar-refractivity contribution < 1.29 is 14.3 Å². The Morgan fingerprint density at radius 2 is 1.76 bits per heavy atom. The summed E-state index contributed by atoms with van der Waals surface area (Å²) in [6, 6.07) is 13.8. The van der Waals surface area contributed by atoms with E-state index < -0.39 is 0 Å². The lowest BCUT2D eigenvalue weighted by Gasteiger charge is -2.33. The minimum absolute atomic E-state index is 0.0103. The molecule has 0 bridgehead atoms. The zero-order valence-electron chi connectivity index (χ0n) is 14.3. The zero-order chi connectivity index (χ0) is 17.6. The first kappa shape index (κ1) is 17.6. The van der Waals surface area contributed by atoms with E-state index in [-0.39, 0.29) is 18.3 Å².